The third-order valence-corrected chi connectivity index (χ3v) is 5.28. The van der Waals surface area contributed by atoms with Crippen molar-refractivity contribution in [2.24, 2.45) is 0 Å². The molecule has 27 heavy (non-hydrogen) atoms. The summed E-state index contributed by atoms with van der Waals surface area (Å²) in [6.07, 6.45) is 2.95. The van der Waals surface area contributed by atoms with Gasteiger partial charge in [0.2, 0.25) is 11.8 Å². The number of amides is 2. The van der Waals surface area contributed by atoms with Crippen molar-refractivity contribution in [2.75, 3.05) is 13.1 Å². The summed E-state index contributed by atoms with van der Waals surface area (Å²) in [7, 11) is 0. The van der Waals surface area contributed by atoms with Gasteiger partial charge in [0.25, 0.3) is 0 Å². The Bertz CT molecular complexity index is 706. The number of carbonyl (C=O) groups is 2. The number of hydrogen-bond acceptors (Lipinski definition) is 2. The standard InChI is InChI=1S/C23H28N2O2/c1-18(25-15-9-8-14-23(25)27)16-22(26)24-17-21(19-10-4-2-5-11-19)20-12-6-3-7-13-20/h2-7,10-13,18,21H,8-9,14-17H2,1H3,(H,24,26)/t18-/m0/s1. The van der Waals surface area contributed by atoms with Gasteiger partial charge < -0.3 is 10.2 Å². The molecule has 3 rings (SSSR count). The molecule has 0 radical (unpaired) electrons. The Hall–Kier alpha value is -2.62. The van der Waals surface area contributed by atoms with Crippen LogP contribution in [0.1, 0.15) is 49.7 Å². The maximum absolute atomic E-state index is 12.5. The average molecular weight is 364 g/mol. The molecular formula is C23H28N2O2. The van der Waals surface area contributed by atoms with E-state index in [9.17, 15) is 9.59 Å². The van der Waals surface area contributed by atoms with Gasteiger partial charge in [-0.1, -0.05) is 60.7 Å². The minimum atomic E-state index is -0.0512. The molecule has 0 unspecified atom stereocenters. The van der Waals surface area contributed by atoms with Crippen molar-refractivity contribution in [3.8, 4) is 0 Å². The van der Waals surface area contributed by atoms with Gasteiger partial charge in [-0.3, -0.25) is 9.59 Å². The van der Waals surface area contributed by atoms with Gasteiger partial charge in [-0.15, -0.1) is 0 Å². The summed E-state index contributed by atoms with van der Waals surface area (Å²) in [4.78, 5) is 26.4. The van der Waals surface area contributed by atoms with Crippen LogP contribution >= 0.6 is 0 Å². The molecule has 1 aliphatic heterocycles. The minimum absolute atomic E-state index is 0.00210. The van der Waals surface area contributed by atoms with Crippen molar-refractivity contribution in [1.82, 2.24) is 10.2 Å². The molecule has 0 aromatic heterocycles. The molecule has 2 amide bonds. The van der Waals surface area contributed by atoms with E-state index in [-0.39, 0.29) is 23.8 Å². The summed E-state index contributed by atoms with van der Waals surface area (Å²) in [5.74, 6) is 0.286. The number of piperidine rings is 1. The Morgan fingerprint density at radius 3 is 2.15 bits per heavy atom. The van der Waals surface area contributed by atoms with Crippen LogP contribution in [0.4, 0.5) is 0 Å². The summed E-state index contributed by atoms with van der Waals surface area (Å²) in [6, 6.07) is 20.4. The highest BCUT2D eigenvalue weighted by Crippen LogP contribution is 2.24. The molecule has 0 aliphatic carbocycles. The molecule has 1 heterocycles. The molecule has 0 bridgehead atoms. The average Bonchev–Trinajstić information content (AvgIpc) is 2.70. The largest absolute Gasteiger partial charge is 0.355 e. The number of benzene rings is 2. The zero-order chi connectivity index (χ0) is 19.1. The van der Waals surface area contributed by atoms with Crippen LogP contribution < -0.4 is 5.32 Å². The van der Waals surface area contributed by atoms with Gasteiger partial charge in [0.05, 0.1) is 0 Å². The fourth-order valence-corrected chi connectivity index (χ4v) is 3.76. The highest BCUT2D eigenvalue weighted by molar-refractivity contribution is 5.80. The van der Waals surface area contributed by atoms with Crippen molar-refractivity contribution < 1.29 is 9.59 Å². The van der Waals surface area contributed by atoms with Crippen LogP contribution in [0, 0.1) is 0 Å². The summed E-state index contributed by atoms with van der Waals surface area (Å²) >= 11 is 0. The van der Waals surface area contributed by atoms with Gasteiger partial charge >= 0.3 is 0 Å². The van der Waals surface area contributed by atoms with Crippen molar-refractivity contribution >= 4 is 11.8 Å². The molecule has 142 valence electrons. The molecular weight excluding hydrogens is 336 g/mol. The number of nitrogens with one attached hydrogen (secondary N) is 1. The lowest BCUT2D eigenvalue weighted by molar-refractivity contribution is -0.136. The monoisotopic (exact) mass is 364 g/mol. The van der Waals surface area contributed by atoms with Crippen LogP contribution in [0.3, 0.4) is 0 Å². The van der Waals surface area contributed by atoms with Crippen molar-refractivity contribution in [3.63, 3.8) is 0 Å². The van der Waals surface area contributed by atoms with Gasteiger partial charge in [0.1, 0.15) is 0 Å². The molecule has 1 atom stereocenters. The van der Waals surface area contributed by atoms with Crippen molar-refractivity contribution in [2.45, 2.75) is 44.6 Å². The smallest absolute Gasteiger partial charge is 0.222 e. The Morgan fingerprint density at radius 2 is 1.59 bits per heavy atom. The quantitative estimate of drug-likeness (QED) is 0.814. The first-order valence-corrected chi connectivity index (χ1v) is 9.81. The normalized spacial score (nSPS) is 15.6. The van der Waals surface area contributed by atoms with Crippen LogP contribution in [0.15, 0.2) is 60.7 Å². The van der Waals surface area contributed by atoms with E-state index in [2.05, 4.69) is 29.6 Å². The zero-order valence-electron chi connectivity index (χ0n) is 15.9. The van der Waals surface area contributed by atoms with Gasteiger partial charge in [-0.25, -0.2) is 0 Å². The van der Waals surface area contributed by atoms with Gasteiger partial charge in [-0.2, -0.15) is 0 Å². The highest BCUT2D eigenvalue weighted by Gasteiger charge is 2.25. The van der Waals surface area contributed by atoms with E-state index in [1.807, 2.05) is 48.2 Å². The minimum Gasteiger partial charge on any atom is -0.355 e. The van der Waals surface area contributed by atoms with Crippen LogP contribution in [0.2, 0.25) is 0 Å². The maximum Gasteiger partial charge on any atom is 0.222 e. The van der Waals surface area contributed by atoms with Crippen molar-refractivity contribution in [3.05, 3.63) is 71.8 Å². The first-order chi connectivity index (χ1) is 13.1. The fraction of sp³-hybridized carbons (Fsp3) is 0.391. The number of likely N-dealkylation sites (tertiary alicyclic amines) is 1. The molecule has 1 fully saturated rings. The fourth-order valence-electron chi connectivity index (χ4n) is 3.76. The van der Waals surface area contributed by atoms with E-state index < -0.39 is 0 Å². The Balaban J connectivity index is 1.61. The molecule has 2 aromatic carbocycles. The molecule has 1 N–H and O–H groups in total. The van der Waals surface area contributed by atoms with E-state index in [0.717, 1.165) is 19.4 Å². The SMILES string of the molecule is C[C@@H](CC(=O)NCC(c1ccccc1)c1ccccc1)N1CCCCC1=O. The Labute approximate surface area is 161 Å². The Kier molecular flexibility index (Phi) is 6.64. The lowest BCUT2D eigenvalue weighted by atomic mass is 9.91. The molecule has 4 nitrogen and oxygen atoms in total. The highest BCUT2D eigenvalue weighted by atomic mass is 16.2. The van der Waals surface area contributed by atoms with Crippen LogP contribution in [-0.4, -0.2) is 35.8 Å². The number of carbonyl (C=O) groups excluding carboxylic acids is 2. The predicted octanol–water partition coefficient (Wildman–Crippen LogP) is 3.73. The molecule has 1 saturated heterocycles. The van der Waals surface area contributed by atoms with Crippen LogP contribution in [0.25, 0.3) is 0 Å². The van der Waals surface area contributed by atoms with Crippen LogP contribution in [-0.2, 0) is 9.59 Å². The lowest BCUT2D eigenvalue weighted by Crippen LogP contribution is -2.44. The zero-order valence-corrected chi connectivity index (χ0v) is 15.9. The number of hydrogen-bond donors (Lipinski definition) is 1. The summed E-state index contributed by atoms with van der Waals surface area (Å²) in [5.41, 5.74) is 2.37. The summed E-state index contributed by atoms with van der Waals surface area (Å²) < 4.78 is 0. The van der Waals surface area contributed by atoms with E-state index in [4.69, 9.17) is 0 Å². The van der Waals surface area contributed by atoms with E-state index in [1.165, 1.54) is 11.1 Å². The summed E-state index contributed by atoms with van der Waals surface area (Å²) in [5, 5.41) is 3.09. The van der Waals surface area contributed by atoms with Crippen LogP contribution in [0.5, 0.6) is 0 Å². The third kappa shape index (κ3) is 5.19. The first kappa shape index (κ1) is 19.2. The molecule has 1 aliphatic rings. The second kappa shape index (κ2) is 9.36. The van der Waals surface area contributed by atoms with Gasteiger partial charge in [0.15, 0.2) is 0 Å². The third-order valence-electron chi connectivity index (χ3n) is 5.28. The second-order valence-electron chi connectivity index (χ2n) is 7.28. The second-order valence-corrected chi connectivity index (χ2v) is 7.28. The number of rotatable bonds is 7. The molecule has 4 heteroatoms. The predicted molar refractivity (Wildman–Crippen MR) is 107 cm³/mol. The van der Waals surface area contributed by atoms with Gasteiger partial charge in [-0.05, 0) is 30.9 Å². The first-order valence-electron chi connectivity index (χ1n) is 9.81. The maximum atomic E-state index is 12.5. The van der Waals surface area contributed by atoms with E-state index in [1.54, 1.807) is 0 Å². The topological polar surface area (TPSA) is 49.4 Å². The summed E-state index contributed by atoms with van der Waals surface area (Å²) in [6.45, 7) is 3.28. The lowest BCUT2D eigenvalue weighted by Gasteiger charge is -2.32. The van der Waals surface area contributed by atoms with Gasteiger partial charge in [0, 0.05) is 37.9 Å². The van der Waals surface area contributed by atoms with E-state index >= 15 is 0 Å². The Morgan fingerprint density at radius 1 is 1.00 bits per heavy atom. The van der Waals surface area contributed by atoms with Crippen molar-refractivity contribution in [1.29, 1.82) is 0 Å². The number of nitrogens with zero attached hydrogens (tertiary/aromatic N) is 1. The molecule has 2 aromatic rings. The molecule has 0 spiro atoms. The molecule has 0 saturated carbocycles. The van der Waals surface area contributed by atoms with E-state index in [0.29, 0.717) is 19.4 Å².